The molecular weight excluding hydrogens is 216 g/mol. The van der Waals surface area contributed by atoms with E-state index in [1.807, 2.05) is 0 Å². The molecule has 2 atom stereocenters. The molecule has 0 aromatic heterocycles. The van der Waals surface area contributed by atoms with E-state index in [1.165, 1.54) is 6.42 Å². The Balaban J connectivity index is 2.39. The fourth-order valence-corrected chi connectivity index (χ4v) is 2.72. The second-order valence-electron chi connectivity index (χ2n) is 5.11. The summed E-state index contributed by atoms with van der Waals surface area (Å²) in [6, 6.07) is 0. The van der Waals surface area contributed by atoms with E-state index in [9.17, 15) is 9.59 Å². The summed E-state index contributed by atoms with van der Waals surface area (Å²) in [5.41, 5.74) is 0. The molecule has 0 heterocycles. The fourth-order valence-electron chi connectivity index (χ4n) is 2.72. The first kappa shape index (κ1) is 14.2. The largest absolute Gasteiger partial charge is 0.481 e. The van der Waals surface area contributed by atoms with Crippen molar-refractivity contribution in [2.75, 3.05) is 0 Å². The summed E-state index contributed by atoms with van der Waals surface area (Å²) in [5, 5.41) is 9.11. The van der Waals surface area contributed by atoms with Crippen LogP contribution in [0.25, 0.3) is 0 Å². The number of ketones is 1. The molecule has 1 N–H and O–H groups in total. The monoisotopic (exact) mass is 240 g/mol. The van der Waals surface area contributed by atoms with Crippen LogP contribution in [0.2, 0.25) is 0 Å². The summed E-state index contributed by atoms with van der Waals surface area (Å²) in [5.74, 6) is -1.21. The lowest BCUT2D eigenvalue weighted by molar-refractivity contribution is -0.148. The lowest BCUT2D eigenvalue weighted by Crippen LogP contribution is -2.32. The van der Waals surface area contributed by atoms with Gasteiger partial charge < -0.3 is 5.11 Å². The summed E-state index contributed by atoms with van der Waals surface area (Å²) in [6.07, 6.45) is 8.35. The average molecular weight is 240 g/mol. The van der Waals surface area contributed by atoms with E-state index >= 15 is 0 Å². The molecule has 1 aliphatic rings. The van der Waals surface area contributed by atoms with Crippen molar-refractivity contribution in [2.45, 2.75) is 64.7 Å². The first-order valence-electron chi connectivity index (χ1n) is 6.92. The van der Waals surface area contributed by atoms with Crippen molar-refractivity contribution in [1.29, 1.82) is 0 Å². The minimum absolute atomic E-state index is 0.188. The normalized spacial score (nSPS) is 24.5. The minimum atomic E-state index is -0.781. The van der Waals surface area contributed by atoms with E-state index in [0.29, 0.717) is 12.8 Å². The molecule has 98 valence electrons. The maximum atomic E-state index is 12.0. The van der Waals surface area contributed by atoms with E-state index in [4.69, 9.17) is 5.11 Å². The second kappa shape index (κ2) is 7.46. The van der Waals surface area contributed by atoms with Crippen LogP contribution >= 0.6 is 0 Å². The Morgan fingerprint density at radius 2 is 1.71 bits per heavy atom. The number of carboxylic acid groups (broad SMARTS) is 1. The second-order valence-corrected chi connectivity index (χ2v) is 5.11. The van der Waals surface area contributed by atoms with Gasteiger partial charge in [-0.3, -0.25) is 9.59 Å². The van der Waals surface area contributed by atoms with Crippen molar-refractivity contribution in [3.8, 4) is 0 Å². The fraction of sp³-hybridized carbons (Fsp3) is 0.857. The van der Waals surface area contributed by atoms with Crippen molar-refractivity contribution in [3.63, 3.8) is 0 Å². The molecule has 0 amide bonds. The van der Waals surface area contributed by atoms with Crippen LogP contribution in [0, 0.1) is 11.8 Å². The third-order valence-corrected chi connectivity index (χ3v) is 3.77. The molecule has 0 bridgehead atoms. The molecule has 1 rings (SSSR count). The zero-order valence-electron chi connectivity index (χ0n) is 10.8. The van der Waals surface area contributed by atoms with Crippen LogP contribution in [-0.2, 0) is 9.59 Å². The van der Waals surface area contributed by atoms with Gasteiger partial charge in [0.2, 0.25) is 0 Å². The Bertz CT molecular complexity index is 260. The molecule has 1 saturated carbocycles. The quantitative estimate of drug-likeness (QED) is 0.694. The SMILES string of the molecule is CCCCCCC(=O)C1CCCCC1C(=O)O. The highest BCUT2D eigenvalue weighted by Crippen LogP contribution is 2.32. The summed E-state index contributed by atoms with van der Waals surface area (Å²) in [7, 11) is 0. The van der Waals surface area contributed by atoms with Crippen molar-refractivity contribution < 1.29 is 14.7 Å². The van der Waals surface area contributed by atoms with E-state index in [0.717, 1.165) is 38.5 Å². The minimum Gasteiger partial charge on any atom is -0.481 e. The van der Waals surface area contributed by atoms with Gasteiger partial charge in [0, 0.05) is 12.3 Å². The van der Waals surface area contributed by atoms with Gasteiger partial charge in [0.15, 0.2) is 0 Å². The highest BCUT2D eigenvalue weighted by Gasteiger charge is 2.34. The summed E-state index contributed by atoms with van der Waals surface area (Å²) >= 11 is 0. The van der Waals surface area contributed by atoms with Crippen molar-refractivity contribution >= 4 is 11.8 Å². The molecule has 3 nitrogen and oxygen atoms in total. The summed E-state index contributed by atoms with van der Waals surface area (Å²) in [6.45, 7) is 2.14. The number of hydrogen-bond donors (Lipinski definition) is 1. The number of rotatable bonds is 7. The molecular formula is C14H24O3. The number of Topliss-reactive ketones (excluding diaryl/α,β-unsaturated/α-hetero) is 1. The zero-order chi connectivity index (χ0) is 12.7. The highest BCUT2D eigenvalue weighted by atomic mass is 16.4. The summed E-state index contributed by atoms with van der Waals surface area (Å²) in [4.78, 5) is 23.1. The van der Waals surface area contributed by atoms with Crippen LogP contribution in [0.5, 0.6) is 0 Å². The van der Waals surface area contributed by atoms with Gasteiger partial charge in [0.05, 0.1) is 5.92 Å². The van der Waals surface area contributed by atoms with Crippen molar-refractivity contribution in [3.05, 3.63) is 0 Å². The first-order valence-corrected chi connectivity index (χ1v) is 6.92. The Kier molecular flexibility index (Phi) is 6.23. The van der Waals surface area contributed by atoms with Crippen LogP contribution < -0.4 is 0 Å². The van der Waals surface area contributed by atoms with Gasteiger partial charge in [0.1, 0.15) is 5.78 Å². The molecule has 0 saturated heterocycles. The molecule has 1 fully saturated rings. The third kappa shape index (κ3) is 4.49. The van der Waals surface area contributed by atoms with Crippen molar-refractivity contribution in [2.24, 2.45) is 11.8 Å². The van der Waals surface area contributed by atoms with Gasteiger partial charge >= 0.3 is 5.97 Å². The lowest BCUT2D eigenvalue weighted by atomic mass is 9.76. The Hall–Kier alpha value is -0.860. The zero-order valence-corrected chi connectivity index (χ0v) is 10.8. The maximum absolute atomic E-state index is 12.0. The van der Waals surface area contributed by atoms with Gasteiger partial charge in [-0.05, 0) is 19.3 Å². The number of carbonyl (C=O) groups is 2. The number of aliphatic carboxylic acids is 1. The highest BCUT2D eigenvalue weighted by molar-refractivity contribution is 5.86. The smallest absolute Gasteiger partial charge is 0.307 e. The third-order valence-electron chi connectivity index (χ3n) is 3.77. The topological polar surface area (TPSA) is 54.4 Å². The molecule has 0 aliphatic heterocycles. The van der Waals surface area contributed by atoms with Crippen molar-refractivity contribution in [1.82, 2.24) is 0 Å². The van der Waals surface area contributed by atoms with Crippen LogP contribution in [0.3, 0.4) is 0 Å². The Morgan fingerprint density at radius 1 is 1.06 bits per heavy atom. The maximum Gasteiger partial charge on any atom is 0.307 e. The standard InChI is InChI=1S/C14H24O3/c1-2-3-4-5-10-13(15)11-8-6-7-9-12(11)14(16)17/h11-12H,2-10H2,1H3,(H,16,17). The van der Waals surface area contributed by atoms with Crippen LogP contribution in [0.15, 0.2) is 0 Å². The predicted molar refractivity (Wildman–Crippen MR) is 66.8 cm³/mol. The number of carbonyl (C=O) groups excluding carboxylic acids is 1. The van der Waals surface area contributed by atoms with E-state index in [1.54, 1.807) is 0 Å². The van der Waals surface area contributed by atoms with E-state index < -0.39 is 11.9 Å². The molecule has 17 heavy (non-hydrogen) atoms. The van der Waals surface area contributed by atoms with Crippen LogP contribution in [-0.4, -0.2) is 16.9 Å². The van der Waals surface area contributed by atoms with Gasteiger partial charge in [0.25, 0.3) is 0 Å². The number of hydrogen-bond acceptors (Lipinski definition) is 2. The predicted octanol–water partition coefficient (Wildman–Crippen LogP) is 3.42. The molecule has 0 aromatic carbocycles. The molecule has 0 spiro atoms. The number of unbranched alkanes of at least 4 members (excludes halogenated alkanes) is 3. The summed E-state index contributed by atoms with van der Waals surface area (Å²) < 4.78 is 0. The Labute approximate surface area is 104 Å². The van der Waals surface area contributed by atoms with Gasteiger partial charge in [-0.25, -0.2) is 0 Å². The van der Waals surface area contributed by atoms with Crippen LogP contribution in [0.1, 0.15) is 64.7 Å². The van der Waals surface area contributed by atoms with Gasteiger partial charge in [-0.1, -0.05) is 39.0 Å². The molecule has 3 heteroatoms. The first-order chi connectivity index (χ1) is 8.16. The van der Waals surface area contributed by atoms with Crippen LogP contribution in [0.4, 0.5) is 0 Å². The molecule has 0 aromatic rings. The average Bonchev–Trinajstić information content (AvgIpc) is 2.34. The Morgan fingerprint density at radius 3 is 2.29 bits per heavy atom. The van der Waals surface area contributed by atoms with E-state index in [2.05, 4.69) is 6.92 Å². The molecule has 0 radical (unpaired) electrons. The molecule has 2 unspecified atom stereocenters. The van der Waals surface area contributed by atoms with E-state index in [-0.39, 0.29) is 11.7 Å². The number of carboxylic acids is 1. The van der Waals surface area contributed by atoms with Gasteiger partial charge in [-0.15, -0.1) is 0 Å². The lowest BCUT2D eigenvalue weighted by Gasteiger charge is -2.27. The molecule has 1 aliphatic carbocycles. The van der Waals surface area contributed by atoms with Gasteiger partial charge in [-0.2, -0.15) is 0 Å².